The third-order valence-electron chi connectivity index (χ3n) is 9.52. The van der Waals surface area contributed by atoms with E-state index in [9.17, 15) is 24.2 Å². The van der Waals surface area contributed by atoms with E-state index in [1.807, 2.05) is 0 Å². The van der Waals surface area contributed by atoms with E-state index in [0.29, 0.717) is 25.7 Å². The number of carbonyl (C=O) groups excluding carboxylic acids is 2. The lowest BCUT2D eigenvalue weighted by molar-refractivity contribution is -0.160. The zero-order valence-electron chi connectivity index (χ0n) is 18.5. The summed E-state index contributed by atoms with van der Waals surface area (Å²) in [6, 6.07) is 5.93. The molecule has 3 N–H and O–H groups in total. The standard InChI is InChI=1S/C26H28FNO5/c1-14-11-24-13-25(14,32)9-7-17(24)26-10-8-18(29)23(2,22(31)33-26)20(26)19(24)21(30)28-12-15-3-5-16(27)6-4-15/h3-6,8,10,17-20,29,32H,1,7,9,11-13H2,2H3,(H,28,30)/t17-,18+,19-,20-,23-,24+,25+,26-/m1/s1. The largest absolute Gasteiger partial charge is 0.454 e. The van der Waals surface area contributed by atoms with Crippen molar-refractivity contribution in [3.05, 3.63) is 60.0 Å². The number of ether oxygens (including phenoxy) is 1. The topological polar surface area (TPSA) is 95.9 Å². The predicted molar refractivity (Wildman–Crippen MR) is 116 cm³/mol. The Labute approximate surface area is 191 Å². The second-order valence-electron chi connectivity index (χ2n) is 10.9. The monoisotopic (exact) mass is 453 g/mol. The number of carbonyl (C=O) groups is 2. The van der Waals surface area contributed by atoms with Crippen LogP contribution in [0.3, 0.4) is 0 Å². The molecule has 4 fully saturated rings. The van der Waals surface area contributed by atoms with Gasteiger partial charge in [-0.1, -0.05) is 24.8 Å². The number of benzene rings is 1. The van der Waals surface area contributed by atoms with Crippen molar-refractivity contribution in [2.75, 3.05) is 0 Å². The first-order chi connectivity index (χ1) is 15.6. The van der Waals surface area contributed by atoms with Crippen molar-refractivity contribution in [3.8, 4) is 0 Å². The molecule has 1 amide bonds. The third kappa shape index (κ3) is 2.39. The smallest absolute Gasteiger partial charge is 0.316 e. The number of rotatable bonds is 3. The maximum Gasteiger partial charge on any atom is 0.316 e. The van der Waals surface area contributed by atoms with Crippen LogP contribution in [-0.2, 0) is 20.9 Å². The molecule has 6 nitrogen and oxygen atoms in total. The van der Waals surface area contributed by atoms with Crippen LogP contribution in [-0.4, -0.2) is 39.4 Å². The number of hydrogen-bond donors (Lipinski definition) is 3. The average molecular weight is 454 g/mol. The van der Waals surface area contributed by atoms with Gasteiger partial charge in [0, 0.05) is 18.4 Å². The molecule has 6 rings (SSSR count). The highest BCUT2D eigenvalue weighted by atomic mass is 19.1. The van der Waals surface area contributed by atoms with Crippen LogP contribution < -0.4 is 5.32 Å². The summed E-state index contributed by atoms with van der Waals surface area (Å²) in [4.78, 5) is 27.0. The van der Waals surface area contributed by atoms with Crippen molar-refractivity contribution >= 4 is 11.9 Å². The van der Waals surface area contributed by atoms with E-state index >= 15 is 0 Å². The molecule has 1 aromatic carbocycles. The Morgan fingerprint density at radius 1 is 1.33 bits per heavy atom. The molecule has 3 saturated carbocycles. The summed E-state index contributed by atoms with van der Waals surface area (Å²) in [6.07, 6.45) is 4.39. The Bertz CT molecular complexity index is 1120. The first kappa shape index (κ1) is 21.1. The molecule has 1 spiro atoms. The van der Waals surface area contributed by atoms with Gasteiger partial charge in [0.15, 0.2) is 0 Å². The van der Waals surface area contributed by atoms with Gasteiger partial charge in [-0.25, -0.2) is 4.39 Å². The van der Waals surface area contributed by atoms with Gasteiger partial charge in [-0.15, -0.1) is 0 Å². The highest BCUT2D eigenvalue weighted by molar-refractivity contribution is 5.88. The normalized spacial score (nSPS) is 46.7. The molecule has 4 bridgehead atoms. The Kier molecular flexibility index (Phi) is 4.04. The molecule has 1 heterocycles. The van der Waals surface area contributed by atoms with E-state index in [0.717, 1.165) is 11.1 Å². The van der Waals surface area contributed by atoms with Crippen molar-refractivity contribution < 1.29 is 28.9 Å². The first-order valence-electron chi connectivity index (χ1n) is 11.6. The van der Waals surface area contributed by atoms with Crippen LogP contribution in [0, 0.1) is 34.4 Å². The van der Waals surface area contributed by atoms with Gasteiger partial charge in [-0.3, -0.25) is 9.59 Å². The zero-order chi connectivity index (χ0) is 23.4. The minimum absolute atomic E-state index is 0.148. The Balaban J connectivity index is 1.44. The van der Waals surface area contributed by atoms with Crippen LogP contribution >= 0.6 is 0 Å². The fourth-order valence-electron chi connectivity index (χ4n) is 8.06. The maximum absolute atomic E-state index is 13.9. The maximum atomic E-state index is 13.9. The molecule has 1 aromatic rings. The molecular formula is C26H28FNO5. The number of esters is 1. The zero-order valence-corrected chi connectivity index (χ0v) is 18.5. The van der Waals surface area contributed by atoms with Gasteiger partial charge in [0.1, 0.15) is 16.8 Å². The molecule has 4 aliphatic carbocycles. The number of fused-ring (bicyclic) bond motifs is 1. The van der Waals surface area contributed by atoms with Gasteiger partial charge in [-0.2, -0.15) is 0 Å². The number of nitrogens with one attached hydrogen (secondary N) is 1. The van der Waals surface area contributed by atoms with Crippen molar-refractivity contribution in [2.24, 2.45) is 28.6 Å². The summed E-state index contributed by atoms with van der Waals surface area (Å²) >= 11 is 0. The van der Waals surface area contributed by atoms with Gasteiger partial charge in [-0.05, 0) is 67.4 Å². The molecule has 0 radical (unpaired) electrons. The van der Waals surface area contributed by atoms with Crippen molar-refractivity contribution in [1.29, 1.82) is 0 Å². The van der Waals surface area contributed by atoms with E-state index in [1.165, 1.54) is 12.1 Å². The van der Waals surface area contributed by atoms with Gasteiger partial charge in [0.25, 0.3) is 0 Å². The van der Waals surface area contributed by atoms with Crippen LogP contribution in [0.1, 0.15) is 38.2 Å². The van der Waals surface area contributed by atoms with Crippen LogP contribution in [0.2, 0.25) is 0 Å². The molecule has 8 atom stereocenters. The summed E-state index contributed by atoms with van der Waals surface area (Å²) in [5.74, 6) is -2.41. The van der Waals surface area contributed by atoms with E-state index in [4.69, 9.17) is 4.74 Å². The summed E-state index contributed by atoms with van der Waals surface area (Å²) in [7, 11) is 0. The average Bonchev–Trinajstić information content (AvgIpc) is 3.20. The number of amides is 1. The van der Waals surface area contributed by atoms with Gasteiger partial charge >= 0.3 is 5.97 Å². The number of aliphatic hydroxyl groups excluding tert-OH is 1. The van der Waals surface area contributed by atoms with Crippen LogP contribution in [0.15, 0.2) is 48.6 Å². The molecular weight excluding hydrogens is 425 g/mol. The molecule has 5 aliphatic rings. The quantitative estimate of drug-likeness (QED) is 0.483. The van der Waals surface area contributed by atoms with Gasteiger partial charge in [0.05, 0.1) is 17.6 Å². The van der Waals surface area contributed by atoms with E-state index in [2.05, 4.69) is 11.9 Å². The SMILES string of the molecule is C=C1C[C@]23C[C@@]1(O)CC[C@H]2[C@@]12C=C[C@H](O)[C@@](C)(C(=O)O1)[C@H]2[C@@H]3C(=O)NCc1ccc(F)cc1. The molecule has 1 aliphatic heterocycles. The molecule has 174 valence electrons. The van der Waals surface area contributed by atoms with E-state index < -0.39 is 45.9 Å². The third-order valence-corrected chi connectivity index (χ3v) is 9.52. The van der Waals surface area contributed by atoms with Crippen LogP contribution in [0.25, 0.3) is 0 Å². The number of hydrogen-bond acceptors (Lipinski definition) is 5. The fraction of sp³-hybridized carbons (Fsp3) is 0.538. The minimum Gasteiger partial charge on any atom is -0.454 e. The number of aliphatic hydroxyl groups is 2. The lowest BCUT2D eigenvalue weighted by atomic mass is 9.60. The second-order valence-corrected chi connectivity index (χ2v) is 10.9. The highest BCUT2D eigenvalue weighted by Gasteiger charge is 2.83. The van der Waals surface area contributed by atoms with Gasteiger partial charge < -0.3 is 20.3 Å². The van der Waals surface area contributed by atoms with E-state index in [-0.39, 0.29) is 24.2 Å². The second kappa shape index (κ2) is 6.33. The molecule has 33 heavy (non-hydrogen) atoms. The fourth-order valence-corrected chi connectivity index (χ4v) is 8.06. The van der Waals surface area contributed by atoms with E-state index in [1.54, 1.807) is 31.2 Å². The predicted octanol–water partition coefficient (Wildman–Crippen LogP) is 2.40. The Morgan fingerprint density at radius 3 is 2.79 bits per heavy atom. The minimum atomic E-state index is -1.25. The lowest BCUT2D eigenvalue weighted by Crippen LogP contribution is -2.52. The number of halogens is 1. The molecule has 0 aromatic heterocycles. The Hall–Kier alpha value is -2.51. The van der Waals surface area contributed by atoms with Crippen LogP contribution in [0.4, 0.5) is 4.39 Å². The molecule has 1 saturated heterocycles. The van der Waals surface area contributed by atoms with Crippen molar-refractivity contribution in [2.45, 2.75) is 56.5 Å². The molecule has 0 unspecified atom stereocenters. The summed E-state index contributed by atoms with van der Waals surface area (Å²) < 4.78 is 19.4. The summed E-state index contributed by atoms with van der Waals surface area (Å²) in [6.45, 7) is 6.06. The van der Waals surface area contributed by atoms with Crippen LogP contribution in [0.5, 0.6) is 0 Å². The summed E-state index contributed by atoms with van der Waals surface area (Å²) in [5.41, 5.74) is -2.38. The van der Waals surface area contributed by atoms with Gasteiger partial charge in [0.2, 0.25) is 5.91 Å². The molecule has 7 heteroatoms. The summed E-state index contributed by atoms with van der Waals surface area (Å²) in [5, 5.41) is 25.2. The Morgan fingerprint density at radius 2 is 2.06 bits per heavy atom. The van der Waals surface area contributed by atoms with Crippen molar-refractivity contribution in [1.82, 2.24) is 5.32 Å². The first-order valence-corrected chi connectivity index (χ1v) is 11.6. The lowest BCUT2D eigenvalue weighted by Gasteiger charge is -2.44. The van der Waals surface area contributed by atoms with Crippen molar-refractivity contribution in [3.63, 3.8) is 0 Å². The highest BCUT2D eigenvalue weighted by Crippen LogP contribution is 2.77.